The lowest BCUT2D eigenvalue weighted by atomic mass is 9.96. The number of benzene rings is 2. The van der Waals surface area contributed by atoms with Crippen molar-refractivity contribution in [3.63, 3.8) is 0 Å². The highest BCUT2D eigenvalue weighted by Gasteiger charge is 2.22. The molecule has 1 aliphatic rings. The molecule has 3 heteroatoms. The van der Waals surface area contributed by atoms with Crippen LogP contribution in [-0.4, -0.2) is 37.0 Å². The van der Waals surface area contributed by atoms with Crippen LogP contribution in [-0.2, 0) is 4.79 Å². The van der Waals surface area contributed by atoms with Gasteiger partial charge in [0.1, 0.15) is 0 Å². The Morgan fingerprint density at radius 3 is 2.76 bits per heavy atom. The summed E-state index contributed by atoms with van der Waals surface area (Å²) in [6.45, 7) is 5.61. The van der Waals surface area contributed by atoms with Crippen LogP contribution in [0.2, 0.25) is 0 Å². The first-order valence-corrected chi connectivity index (χ1v) is 7.74. The molecule has 1 N–H and O–H groups in total. The quantitative estimate of drug-likeness (QED) is 0.918. The topological polar surface area (TPSA) is 32.3 Å². The molecule has 1 saturated heterocycles. The molecule has 1 aliphatic heterocycles. The standard InChI is InChI=1S/C18H22N2O/c1-14(18(21)20-11-4-9-19-10-12-20)16-8-7-15-5-2-3-6-17(15)13-16/h2-3,5-8,13-14,19H,4,9-12H2,1H3. The summed E-state index contributed by atoms with van der Waals surface area (Å²) in [5, 5.41) is 5.76. The number of nitrogens with one attached hydrogen (secondary N) is 1. The molecule has 2 aromatic carbocycles. The van der Waals surface area contributed by atoms with Crippen molar-refractivity contribution in [1.82, 2.24) is 10.2 Å². The third-order valence-corrected chi connectivity index (χ3v) is 4.30. The van der Waals surface area contributed by atoms with Crippen molar-refractivity contribution in [3.8, 4) is 0 Å². The average molecular weight is 282 g/mol. The van der Waals surface area contributed by atoms with Crippen molar-refractivity contribution >= 4 is 16.7 Å². The molecule has 1 fully saturated rings. The van der Waals surface area contributed by atoms with Crippen molar-refractivity contribution in [2.24, 2.45) is 0 Å². The van der Waals surface area contributed by atoms with Gasteiger partial charge in [-0.15, -0.1) is 0 Å². The van der Waals surface area contributed by atoms with Gasteiger partial charge in [-0.25, -0.2) is 0 Å². The average Bonchev–Trinajstić information content (AvgIpc) is 2.82. The second-order valence-corrected chi connectivity index (χ2v) is 5.76. The van der Waals surface area contributed by atoms with Crippen LogP contribution in [0.5, 0.6) is 0 Å². The minimum Gasteiger partial charge on any atom is -0.341 e. The first kappa shape index (κ1) is 14.1. The van der Waals surface area contributed by atoms with Gasteiger partial charge in [0, 0.05) is 19.6 Å². The van der Waals surface area contributed by atoms with Crippen LogP contribution in [0, 0.1) is 0 Å². The van der Waals surface area contributed by atoms with Crippen LogP contribution < -0.4 is 5.32 Å². The van der Waals surface area contributed by atoms with Gasteiger partial charge < -0.3 is 10.2 Å². The zero-order valence-electron chi connectivity index (χ0n) is 12.5. The molecular weight excluding hydrogens is 260 g/mol. The maximum atomic E-state index is 12.7. The van der Waals surface area contributed by atoms with Gasteiger partial charge >= 0.3 is 0 Å². The smallest absolute Gasteiger partial charge is 0.229 e. The third kappa shape index (κ3) is 3.08. The normalized spacial score (nSPS) is 17.5. The van der Waals surface area contributed by atoms with E-state index in [0.29, 0.717) is 0 Å². The summed E-state index contributed by atoms with van der Waals surface area (Å²) in [7, 11) is 0. The molecule has 0 radical (unpaired) electrons. The highest BCUT2D eigenvalue weighted by molar-refractivity contribution is 5.87. The van der Waals surface area contributed by atoms with Gasteiger partial charge in [-0.05, 0) is 36.2 Å². The molecule has 1 unspecified atom stereocenters. The fourth-order valence-corrected chi connectivity index (χ4v) is 2.96. The van der Waals surface area contributed by atoms with E-state index in [1.807, 2.05) is 24.0 Å². The van der Waals surface area contributed by atoms with Gasteiger partial charge in [-0.2, -0.15) is 0 Å². The van der Waals surface area contributed by atoms with Gasteiger partial charge in [0.05, 0.1) is 5.92 Å². The lowest BCUT2D eigenvalue weighted by molar-refractivity contribution is -0.132. The first-order chi connectivity index (χ1) is 10.3. The summed E-state index contributed by atoms with van der Waals surface area (Å²) in [4.78, 5) is 14.7. The molecule has 1 amide bonds. The number of hydrogen-bond acceptors (Lipinski definition) is 2. The van der Waals surface area contributed by atoms with E-state index >= 15 is 0 Å². The zero-order chi connectivity index (χ0) is 14.7. The fourth-order valence-electron chi connectivity index (χ4n) is 2.96. The number of nitrogens with zero attached hydrogens (tertiary/aromatic N) is 1. The van der Waals surface area contributed by atoms with Crippen LogP contribution in [0.25, 0.3) is 10.8 Å². The highest BCUT2D eigenvalue weighted by atomic mass is 16.2. The van der Waals surface area contributed by atoms with Gasteiger partial charge in [0.15, 0.2) is 0 Å². The molecule has 0 aliphatic carbocycles. The van der Waals surface area contributed by atoms with Crippen LogP contribution in [0.1, 0.15) is 24.8 Å². The molecule has 1 atom stereocenters. The summed E-state index contributed by atoms with van der Waals surface area (Å²) in [5.74, 6) is 0.168. The minimum atomic E-state index is -0.0762. The Bertz CT molecular complexity index is 630. The Kier molecular flexibility index (Phi) is 4.20. The monoisotopic (exact) mass is 282 g/mol. The second kappa shape index (κ2) is 6.27. The maximum absolute atomic E-state index is 12.7. The predicted octanol–water partition coefficient (Wildman–Crippen LogP) is 2.77. The summed E-state index contributed by atoms with van der Waals surface area (Å²) in [6, 6.07) is 14.6. The summed E-state index contributed by atoms with van der Waals surface area (Å²) in [6.07, 6.45) is 1.04. The van der Waals surface area contributed by atoms with Crippen molar-refractivity contribution < 1.29 is 4.79 Å². The summed E-state index contributed by atoms with van der Waals surface area (Å²) >= 11 is 0. The molecule has 1 heterocycles. The molecule has 0 bridgehead atoms. The van der Waals surface area contributed by atoms with Gasteiger partial charge in [0.2, 0.25) is 5.91 Å². The number of fused-ring (bicyclic) bond motifs is 1. The molecule has 0 saturated carbocycles. The van der Waals surface area contributed by atoms with Crippen LogP contribution in [0.3, 0.4) is 0 Å². The second-order valence-electron chi connectivity index (χ2n) is 5.76. The molecule has 110 valence electrons. The van der Waals surface area contributed by atoms with Crippen LogP contribution in [0.4, 0.5) is 0 Å². The SMILES string of the molecule is CC(C(=O)N1CCCNCC1)c1ccc2ccccc2c1. The maximum Gasteiger partial charge on any atom is 0.229 e. The number of hydrogen-bond donors (Lipinski definition) is 1. The minimum absolute atomic E-state index is 0.0762. The van der Waals surface area contributed by atoms with Crippen LogP contribution >= 0.6 is 0 Å². The number of carbonyl (C=O) groups excluding carboxylic acids is 1. The molecular formula is C18H22N2O. The zero-order valence-corrected chi connectivity index (χ0v) is 12.5. The van der Waals surface area contributed by atoms with E-state index in [0.717, 1.165) is 38.2 Å². The Hall–Kier alpha value is -1.87. The number of rotatable bonds is 2. The van der Waals surface area contributed by atoms with E-state index in [9.17, 15) is 4.79 Å². The highest BCUT2D eigenvalue weighted by Crippen LogP contribution is 2.23. The van der Waals surface area contributed by atoms with E-state index in [2.05, 4.69) is 35.6 Å². The van der Waals surface area contributed by atoms with E-state index in [1.54, 1.807) is 0 Å². The largest absolute Gasteiger partial charge is 0.341 e. The lowest BCUT2D eigenvalue weighted by Crippen LogP contribution is -2.36. The van der Waals surface area contributed by atoms with Crippen LogP contribution in [0.15, 0.2) is 42.5 Å². The summed E-state index contributed by atoms with van der Waals surface area (Å²) in [5.41, 5.74) is 1.11. The van der Waals surface area contributed by atoms with Crippen molar-refractivity contribution in [1.29, 1.82) is 0 Å². The van der Waals surface area contributed by atoms with Crippen molar-refractivity contribution in [3.05, 3.63) is 48.0 Å². The van der Waals surface area contributed by atoms with E-state index in [1.165, 1.54) is 10.8 Å². The van der Waals surface area contributed by atoms with Gasteiger partial charge in [-0.1, -0.05) is 42.5 Å². The molecule has 3 nitrogen and oxygen atoms in total. The molecule has 21 heavy (non-hydrogen) atoms. The molecule has 0 aromatic heterocycles. The van der Waals surface area contributed by atoms with Gasteiger partial charge in [-0.3, -0.25) is 4.79 Å². The Labute approximate surface area is 125 Å². The molecule has 0 spiro atoms. The van der Waals surface area contributed by atoms with E-state index in [4.69, 9.17) is 0 Å². The van der Waals surface area contributed by atoms with E-state index < -0.39 is 0 Å². The van der Waals surface area contributed by atoms with Crippen molar-refractivity contribution in [2.75, 3.05) is 26.2 Å². The Morgan fingerprint density at radius 2 is 1.90 bits per heavy atom. The lowest BCUT2D eigenvalue weighted by Gasteiger charge is -2.24. The molecule has 3 rings (SSSR count). The Balaban J connectivity index is 1.81. The van der Waals surface area contributed by atoms with E-state index in [-0.39, 0.29) is 11.8 Å². The Morgan fingerprint density at radius 1 is 1.10 bits per heavy atom. The molecule has 2 aromatic rings. The predicted molar refractivity (Wildman–Crippen MR) is 86.4 cm³/mol. The summed E-state index contributed by atoms with van der Waals surface area (Å²) < 4.78 is 0. The van der Waals surface area contributed by atoms with Gasteiger partial charge in [0.25, 0.3) is 0 Å². The third-order valence-electron chi connectivity index (χ3n) is 4.30. The fraction of sp³-hybridized carbons (Fsp3) is 0.389. The van der Waals surface area contributed by atoms with Crippen molar-refractivity contribution in [2.45, 2.75) is 19.3 Å². The first-order valence-electron chi connectivity index (χ1n) is 7.74. The number of amides is 1. The number of carbonyl (C=O) groups is 1.